The fourth-order valence-corrected chi connectivity index (χ4v) is 3.11. The standard InChI is InChI=1S/C15H18N4O3/c20-14(11-2-3-12-13(10-11)17-18-16-12)19-6-4-15(5-7-19)21-8-1-9-22-15/h2-3,10H,1,4-9H2,(H,16,17,18). The van der Waals surface area contributed by atoms with Crippen LogP contribution in [-0.2, 0) is 9.47 Å². The molecule has 2 fully saturated rings. The summed E-state index contributed by atoms with van der Waals surface area (Å²) in [6, 6.07) is 5.38. The highest BCUT2D eigenvalue weighted by atomic mass is 16.7. The highest BCUT2D eigenvalue weighted by Crippen LogP contribution is 2.31. The van der Waals surface area contributed by atoms with Crippen LogP contribution in [-0.4, -0.2) is 58.3 Å². The molecule has 22 heavy (non-hydrogen) atoms. The molecule has 2 aromatic rings. The number of ether oxygens (including phenoxy) is 2. The molecular formula is C15H18N4O3. The molecule has 3 heterocycles. The molecule has 2 aliphatic rings. The predicted molar refractivity (Wildman–Crippen MR) is 78.3 cm³/mol. The number of amides is 1. The third-order valence-electron chi connectivity index (χ3n) is 4.39. The summed E-state index contributed by atoms with van der Waals surface area (Å²) in [4.78, 5) is 14.5. The van der Waals surface area contributed by atoms with E-state index in [9.17, 15) is 4.79 Å². The number of benzene rings is 1. The first-order valence-electron chi connectivity index (χ1n) is 7.64. The fraction of sp³-hybridized carbons (Fsp3) is 0.533. The second-order valence-electron chi connectivity index (χ2n) is 5.78. The van der Waals surface area contributed by atoms with Gasteiger partial charge in [-0.1, -0.05) is 0 Å². The Hall–Kier alpha value is -1.99. The summed E-state index contributed by atoms with van der Waals surface area (Å²) in [5.41, 5.74) is 2.11. The number of hydrogen-bond donors (Lipinski definition) is 1. The predicted octanol–water partition coefficient (Wildman–Crippen LogP) is 1.33. The number of aromatic amines is 1. The van der Waals surface area contributed by atoms with Crippen molar-refractivity contribution in [2.75, 3.05) is 26.3 Å². The van der Waals surface area contributed by atoms with Gasteiger partial charge in [0.1, 0.15) is 11.0 Å². The lowest BCUT2D eigenvalue weighted by Gasteiger charge is -2.43. The minimum absolute atomic E-state index is 0.0237. The normalized spacial score (nSPS) is 21.4. The summed E-state index contributed by atoms with van der Waals surface area (Å²) in [7, 11) is 0. The minimum atomic E-state index is -0.467. The van der Waals surface area contributed by atoms with Gasteiger partial charge in [-0.3, -0.25) is 4.79 Å². The number of rotatable bonds is 1. The van der Waals surface area contributed by atoms with E-state index >= 15 is 0 Å². The van der Waals surface area contributed by atoms with Gasteiger partial charge < -0.3 is 14.4 Å². The number of carbonyl (C=O) groups is 1. The molecule has 2 saturated heterocycles. The number of nitrogens with one attached hydrogen (secondary N) is 1. The lowest BCUT2D eigenvalue weighted by molar-refractivity contribution is -0.281. The van der Waals surface area contributed by atoms with Crippen LogP contribution in [0.4, 0.5) is 0 Å². The van der Waals surface area contributed by atoms with E-state index in [4.69, 9.17) is 9.47 Å². The van der Waals surface area contributed by atoms with Crippen molar-refractivity contribution >= 4 is 16.9 Å². The summed E-state index contributed by atoms with van der Waals surface area (Å²) < 4.78 is 11.6. The number of carbonyl (C=O) groups excluding carboxylic acids is 1. The molecule has 7 heteroatoms. The van der Waals surface area contributed by atoms with Crippen molar-refractivity contribution in [3.05, 3.63) is 23.8 Å². The zero-order chi connectivity index (χ0) is 15.0. The number of aromatic nitrogens is 3. The SMILES string of the molecule is O=C(c1ccc2n[nH]nc2c1)N1CCC2(CC1)OCCCO2. The topological polar surface area (TPSA) is 80.3 Å². The number of piperidine rings is 1. The van der Waals surface area contributed by atoms with Crippen LogP contribution in [0.2, 0.25) is 0 Å². The van der Waals surface area contributed by atoms with Crippen molar-refractivity contribution in [2.45, 2.75) is 25.0 Å². The third-order valence-corrected chi connectivity index (χ3v) is 4.39. The number of H-pyrrole nitrogens is 1. The van der Waals surface area contributed by atoms with Gasteiger partial charge in [-0.2, -0.15) is 15.4 Å². The molecule has 1 aromatic heterocycles. The summed E-state index contributed by atoms with van der Waals surface area (Å²) in [6.07, 6.45) is 2.40. The quantitative estimate of drug-likeness (QED) is 0.859. The molecule has 0 unspecified atom stereocenters. The largest absolute Gasteiger partial charge is 0.350 e. The van der Waals surface area contributed by atoms with Crippen molar-refractivity contribution in [1.29, 1.82) is 0 Å². The lowest BCUT2D eigenvalue weighted by atomic mass is 10.0. The van der Waals surface area contributed by atoms with Gasteiger partial charge in [-0.15, -0.1) is 0 Å². The molecule has 1 N–H and O–H groups in total. The first-order chi connectivity index (χ1) is 10.8. The summed E-state index contributed by atoms with van der Waals surface area (Å²) in [6.45, 7) is 2.79. The van der Waals surface area contributed by atoms with Gasteiger partial charge in [0.05, 0.1) is 13.2 Å². The first-order valence-corrected chi connectivity index (χ1v) is 7.64. The van der Waals surface area contributed by atoms with Gasteiger partial charge in [-0.05, 0) is 24.6 Å². The maximum absolute atomic E-state index is 12.6. The average Bonchev–Trinajstić information content (AvgIpc) is 3.03. The lowest BCUT2D eigenvalue weighted by Crippen LogP contribution is -2.51. The molecule has 0 radical (unpaired) electrons. The van der Waals surface area contributed by atoms with E-state index in [0.717, 1.165) is 38.0 Å². The second kappa shape index (κ2) is 5.33. The molecule has 1 amide bonds. The zero-order valence-electron chi connectivity index (χ0n) is 12.2. The van der Waals surface area contributed by atoms with Gasteiger partial charge in [0.15, 0.2) is 5.79 Å². The highest BCUT2D eigenvalue weighted by molar-refractivity contribution is 5.97. The third kappa shape index (κ3) is 2.36. The molecule has 7 nitrogen and oxygen atoms in total. The van der Waals surface area contributed by atoms with E-state index in [1.807, 2.05) is 11.0 Å². The molecule has 0 aliphatic carbocycles. The van der Waals surface area contributed by atoms with Crippen LogP contribution >= 0.6 is 0 Å². The Balaban J connectivity index is 1.47. The van der Waals surface area contributed by atoms with Crippen LogP contribution in [0.5, 0.6) is 0 Å². The Morgan fingerprint density at radius 1 is 1.14 bits per heavy atom. The fourth-order valence-electron chi connectivity index (χ4n) is 3.11. The van der Waals surface area contributed by atoms with E-state index in [2.05, 4.69) is 15.4 Å². The minimum Gasteiger partial charge on any atom is -0.350 e. The zero-order valence-corrected chi connectivity index (χ0v) is 12.2. The molecule has 116 valence electrons. The number of likely N-dealkylation sites (tertiary alicyclic amines) is 1. The van der Waals surface area contributed by atoms with Gasteiger partial charge in [0.25, 0.3) is 5.91 Å². The van der Waals surface area contributed by atoms with Crippen LogP contribution in [0, 0.1) is 0 Å². The number of hydrogen-bond acceptors (Lipinski definition) is 5. The van der Waals surface area contributed by atoms with Crippen molar-refractivity contribution in [3.63, 3.8) is 0 Å². The molecule has 4 rings (SSSR count). The molecular weight excluding hydrogens is 284 g/mol. The number of fused-ring (bicyclic) bond motifs is 1. The summed E-state index contributed by atoms with van der Waals surface area (Å²) in [5.74, 6) is -0.443. The average molecular weight is 302 g/mol. The van der Waals surface area contributed by atoms with Crippen molar-refractivity contribution in [3.8, 4) is 0 Å². The molecule has 0 atom stereocenters. The summed E-state index contributed by atoms with van der Waals surface area (Å²) >= 11 is 0. The van der Waals surface area contributed by atoms with Crippen LogP contribution in [0.25, 0.3) is 11.0 Å². The maximum atomic E-state index is 12.6. The van der Waals surface area contributed by atoms with E-state index in [1.54, 1.807) is 12.1 Å². The molecule has 0 saturated carbocycles. The maximum Gasteiger partial charge on any atom is 0.253 e. The molecule has 2 aliphatic heterocycles. The molecule has 1 spiro atoms. The van der Waals surface area contributed by atoms with Crippen LogP contribution in [0.15, 0.2) is 18.2 Å². The van der Waals surface area contributed by atoms with Gasteiger partial charge in [0, 0.05) is 31.5 Å². The highest BCUT2D eigenvalue weighted by Gasteiger charge is 2.39. The van der Waals surface area contributed by atoms with Crippen molar-refractivity contribution < 1.29 is 14.3 Å². The Morgan fingerprint density at radius 2 is 1.86 bits per heavy atom. The summed E-state index contributed by atoms with van der Waals surface area (Å²) in [5, 5.41) is 10.6. The Morgan fingerprint density at radius 3 is 2.64 bits per heavy atom. The van der Waals surface area contributed by atoms with E-state index in [1.165, 1.54) is 0 Å². The smallest absolute Gasteiger partial charge is 0.253 e. The number of nitrogens with zero attached hydrogens (tertiary/aromatic N) is 3. The first kappa shape index (κ1) is 13.7. The van der Waals surface area contributed by atoms with Gasteiger partial charge >= 0.3 is 0 Å². The van der Waals surface area contributed by atoms with E-state index in [-0.39, 0.29) is 5.91 Å². The second-order valence-corrected chi connectivity index (χ2v) is 5.78. The molecule has 1 aromatic carbocycles. The Labute approximate surface area is 127 Å². The van der Waals surface area contributed by atoms with Crippen LogP contribution in [0.3, 0.4) is 0 Å². The Kier molecular flexibility index (Phi) is 3.31. The monoisotopic (exact) mass is 302 g/mol. The van der Waals surface area contributed by atoms with E-state index < -0.39 is 5.79 Å². The van der Waals surface area contributed by atoms with Crippen LogP contribution in [0.1, 0.15) is 29.6 Å². The van der Waals surface area contributed by atoms with Crippen molar-refractivity contribution in [1.82, 2.24) is 20.3 Å². The molecule has 0 bridgehead atoms. The van der Waals surface area contributed by atoms with E-state index in [0.29, 0.717) is 24.2 Å². The van der Waals surface area contributed by atoms with Gasteiger partial charge in [0.2, 0.25) is 0 Å². The van der Waals surface area contributed by atoms with Gasteiger partial charge in [-0.25, -0.2) is 0 Å². The van der Waals surface area contributed by atoms with Crippen molar-refractivity contribution in [2.24, 2.45) is 0 Å². The Bertz CT molecular complexity index is 683. The van der Waals surface area contributed by atoms with Crippen LogP contribution < -0.4 is 0 Å².